The summed E-state index contributed by atoms with van der Waals surface area (Å²) in [5.74, 6) is 0.0489. The number of nitrogens with zero attached hydrogens (tertiary/aromatic N) is 2. The number of carbonyl (C=O) groups excluding carboxylic acids is 1. The molecule has 156 valence electrons. The zero-order chi connectivity index (χ0) is 20.7. The summed E-state index contributed by atoms with van der Waals surface area (Å²) < 4.78 is 26.3. The Morgan fingerprint density at radius 2 is 1.93 bits per heavy atom. The van der Waals surface area contributed by atoms with Gasteiger partial charge >= 0.3 is 0 Å². The van der Waals surface area contributed by atoms with E-state index in [2.05, 4.69) is 19.9 Å². The van der Waals surface area contributed by atoms with Crippen LogP contribution in [0, 0.1) is 0 Å². The quantitative estimate of drug-likeness (QED) is 0.689. The Balaban J connectivity index is 1.62. The van der Waals surface area contributed by atoms with Gasteiger partial charge in [0.15, 0.2) is 0 Å². The number of hydrogen-bond acceptors (Lipinski definition) is 5. The average Bonchev–Trinajstić information content (AvgIpc) is 2.70. The van der Waals surface area contributed by atoms with E-state index in [9.17, 15) is 13.2 Å². The van der Waals surface area contributed by atoms with Crippen LogP contribution >= 0.6 is 0 Å². The van der Waals surface area contributed by atoms with E-state index in [1.165, 1.54) is 0 Å². The van der Waals surface area contributed by atoms with Gasteiger partial charge in [0.05, 0.1) is 11.8 Å². The molecule has 1 saturated heterocycles. The minimum Gasteiger partial charge on any atom is -0.325 e. The lowest BCUT2D eigenvalue weighted by atomic mass is 10.0. The highest BCUT2D eigenvalue weighted by atomic mass is 32.2. The van der Waals surface area contributed by atoms with Gasteiger partial charge in [-0.15, -0.1) is 0 Å². The lowest BCUT2D eigenvalue weighted by Crippen LogP contribution is -2.46. The molecule has 1 atom stereocenters. The topological polar surface area (TPSA) is 91.4 Å². The van der Waals surface area contributed by atoms with E-state index in [-0.39, 0.29) is 17.7 Å². The van der Waals surface area contributed by atoms with Crippen LogP contribution in [0.5, 0.6) is 0 Å². The Morgan fingerprint density at radius 3 is 2.62 bits per heavy atom. The molecule has 1 aliphatic rings. The number of likely N-dealkylation sites (tertiary alicyclic amines) is 1. The van der Waals surface area contributed by atoms with Crippen molar-refractivity contribution in [2.24, 2.45) is 0 Å². The van der Waals surface area contributed by atoms with Gasteiger partial charge in [0.1, 0.15) is 0 Å². The van der Waals surface area contributed by atoms with Gasteiger partial charge in [-0.1, -0.05) is 19.4 Å². The molecule has 3 rings (SSSR count). The average molecular weight is 417 g/mol. The summed E-state index contributed by atoms with van der Waals surface area (Å²) in [5, 5.41) is 2.97. The van der Waals surface area contributed by atoms with Gasteiger partial charge < -0.3 is 5.32 Å². The van der Waals surface area contributed by atoms with E-state index < -0.39 is 10.0 Å². The lowest BCUT2D eigenvalue weighted by molar-refractivity contribution is -0.122. The monoisotopic (exact) mass is 416 g/mol. The maximum atomic E-state index is 12.9. The minimum atomic E-state index is -3.32. The molecule has 1 aromatic carbocycles. The summed E-state index contributed by atoms with van der Waals surface area (Å²) in [4.78, 5) is 19.2. The first-order valence-electron chi connectivity index (χ1n) is 10.0. The number of anilines is 2. The van der Waals surface area contributed by atoms with E-state index in [0.717, 1.165) is 31.4 Å². The van der Waals surface area contributed by atoms with Crippen molar-refractivity contribution in [2.75, 3.05) is 22.3 Å². The maximum Gasteiger partial charge on any atom is 0.241 e. The van der Waals surface area contributed by atoms with Crippen molar-refractivity contribution in [1.82, 2.24) is 9.88 Å². The van der Waals surface area contributed by atoms with Gasteiger partial charge in [-0.3, -0.25) is 19.4 Å². The predicted octanol–water partition coefficient (Wildman–Crippen LogP) is 3.23. The Morgan fingerprint density at radius 1 is 1.17 bits per heavy atom. The third kappa shape index (κ3) is 6.27. The third-order valence-corrected chi connectivity index (χ3v) is 6.42. The Hall–Kier alpha value is -2.45. The van der Waals surface area contributed by atoms with E-state index in [1.807, 2.05) is 25.3 Å². The van der Waals surface area contributed by atoms with E-state index >= 15 is 0 Å². The molecular weight excluding hydrogens is 388 g/mol. The largest absolute Gasteiger partial charge is 0.325 e. The van der Waals surface area contributed by atoms with Crippen LogP contribution in [-0.2, 0) is 21.4 Å². The summed E-state index contributed by atoms with van der Waals surface area (Å²) in [6, 6.07) is 10.5. The number of piperidine rings is 1. The number of pyridine rings is 1. The van der Waals surface area contributed by atoms with Crippen molar-refractivity contribution < 1.29 is 13.2 Å². The zero-order valence-corrected chi connectivity index (χ0v) is 17.5. The fraction of sp³-hybridized carbons (Fsp3) is 0.429. The van der Waals surface area contributed by atoms with Crippen LogP contribution in [0.3, 0.4) is 0 Å². The highest BCUT2D eigenvalue weighted by Crippen LogP contribution is 2.22. The Kier molecular flexibility index (Phi) is 7.22. The minimum absolute atomic E-state index is 0.0343. The van der Waals surface area contributed by atoms with Crippen molar-refractivity contribution in [3.05, 3.63) is 54.4 Å². The first-order chi connectivity index (χ1) is 14.0. The molecule has 0 aliphatic carbocycles. The number of benzene rings is 1. The van der Waals surface area contributed by atoms with Gasteiger partial charge in [-0.05, 0) is 61.7 Å². The molecule has 7 nitrogen and oxygen atoms in total. The van der Waals surface area contributed by atoms with Crippen LogP contribution in [0.1, 0.15) is 38.2 Å². The van der Waals surface area contributed by atoms with Crippen LogP contribution in [0.2, 0.25) is 0 Å². The highest BCUT2D eigenvalue weighted by molar-refractivity contribution is 7.92. The molecule has 8 heteroatoms. The standard InChI is InChI=1S/C21H28N4O3S/c1-2-14-29(27,28)24-19-10-8-18(9-11-19)23-21(26)20-7-3-4-13-25(20)16-17-6-5-12-22-15-17/h5-6,8-12,15,20,24H,2-4,7,13-14,16H2,1H3,(H,23,26). The zero-order valence-electron chi connectivity index (χ0n) is 16.7. The fourth-order valence-electron chi connectivity index (χ4n) is 3.55. The Labute approximate surface area is 172 Å². The number of nitrogens with one attached hydrogen (secondary N) is 2. The number of carbonyl (C=O) groups is 1. The number of hydrogen-bond donors (Lipinski definition) is 2. The van der Waals surface area contributed by atoms with E-state index in [0.29, 0.717) is 24.3 Å². The second kappa shape index (κ2) is 9.84. The van der Waals surface area contributed by atoms with E-state index in [4.69, 9.17) is 0 Å². The summed E-state index contributed by atoms with van der Waals surface area (Å²) in [6.07, 6.45) is 7.07. The van der Waals surface area contributed by atoms with Crippen LogP contribution < -0.4 is 10.0 Å². The fourth-order valence-corrected chi connectivity index (χ4v) is 4.68. The molecule has 0 saturated carbocycles. The molecular formula is C21H28N4O3S. The van der Waals surface area contributed by atoms with Crippen LogP contribution in [0.4, 0.5) is 11.4 Å². The molecule has 2 aromatic rings. The molecule has 1 aromatic heterocycles. The van der Waals surface area contributed by atoms with Crippen molar-refractivity contribution in [2.45, 2.75) is 45.2 Å². The van der Waals surface area contributed by atoms with Gasteiger partial charge in [0, 0.05) is 30.3 Å². The van der Waals surface area contributed by atoms with Crippen molar-refractivity contribution in [3.63, 3.8) is 0 Å². The number of rotatable bonds is 8. The number of amides is 1. The molecule has 2 N–H and O–H groups in total. The SMILES string of the molecule is CCCS(=O)(=O)Nc1ccc(NC(=O)C2CCCCN2Cc2cccnc2)cc1. The molecule has 0 radical (unpaired) electrons. The lowest BCUT2D eigenvalue weighted by Gasteiger charge is -2.34. The number of aromatic nitrogens is 1. The van der Waals surface area contributed by atoms with Crippen molar-refractivity contribution in [3.8, 4) is 0 Å². The van der Waals surface area contributed by atoms with Gasteiger partial charge in [-0.2, -0.15) is 0 Å². The molecule has 1 fully saturated rings. The first-order valence-corrected chi connectivity index (χ1v) is 11.7. The van der Waals surface area contributed by atoms with Crippen molar-refractivity contribution >= 4 is 27.3 Å². The molecule has 0 bridgehead atoms. The maximum absolute atomic E-state index is 12.9. The summed E-state index contributed by atoms with van der Waals surface area (Å²) in [7, 11) is -3.32. The number of sulfonamides is 1. The Bertz CT molecular complexity index is 901. The molecule has 29 heavy (non-hydrogen) atoms. The molecule has 1 unspecified atom stereocenters. The third-order valence-electron chi connectivity index (χ3n) is 4.92. The van der Waals surface area contributed by atoms with Crippen LogP contribution in [0.25, 0.3) is 0 Å². The predicted molar refractivity (Wildman–Crippen MR) is 115 cm³/mol. The van der Waals surface area contributed by atoms with Gasteiger partial charge in [0.25, 0.3) is 0 Å². The van der Waals surface area contributed by atoms with Crippen molar-refractivity contribution in [1.29, 1.82) is 0 Å². The summed E-state index contributed by atoms with van der Waals surface area (Å²) >= 11 is 0. The first kappa shape index (κ1) is 21.3. The smallest absolute Gasteiger partial charge is 0.241 e. The highest BCUT2D eigenvalue weighted by Gasteiger charge is 2.28. The van der Waals surface area contributed by atoms with Crippen LogP contribution in [0.15, 0.2) is 48.8 Å². The van der Waals surface area contributed by atoms with Gasteiger partial charge in [-0.25, -0.2) is 8.42 Å². The second-order valence-corrected chi connectivity index (χ2v) is 9.17. The molecule has 2 heterocycles. The molecule has 1 aliphatic heterocycles. The molecule has 1 amide bonds. The second-order valence-electron chi connectivity index (χ2n) is 7.33. The van der Waals surface area contributed by atoms with E-state index in [1.54, 1.807) is 30.5 Å². The van der Waals surface area contributed by atoms with Crippen LogP contribution in [-0.4, -0.2) is 42.5 Å². The van der Waals surface area contributed by atoms with Gasteiger partial charge in [0.2, 0.25) is 15.9 Å². The normalized spacial score (nSPS) is 17.6. The summed E-state index contributed by atoms with van der Waals surface area (Å²) in [6.45, 7) is 3.40. The summed E-state index contributed by atoms with van der Waals surface area (Å²) in [5.41, 5.74) is 2.24. The molecule has 0 spiro atoms.